The molecule has 0 saturated heterocycles. The molecule has 134 valence electrons. The molecule has 0 saturated carbocycles. The van der Waals surface area contributed by atoms with Gasteiger partial charge in [-0.15, -0.1) is 0 Å². The first kappa shape index (κ1) is 15.9. The Morgan fingerprint density at radius 2 is 1.43 bits per heavy atom. The van der Waals surface area contributed by atoms with Gasteiger partial charge >= 0.3 is 0 Å². The summed E-state index contributed by atoms with van der Waals surface area (Å²) < 4.78 is 12.8. The van der Waals surface area contributed by atoms with E-state index in [1.165, 1.54) is 15.9 Å². The van der Waals surface area contributed by atoms with E-state index in [0.29, 0.717) is 0 Å². The normalized spacial score (nSPS) is 15.5. The van der Waals surface area contributed by atoms with Crippen LogP contribution in [-0.2, 0) is 0 Å². The van der Waals surface area contributed by atoms with Crippen molar-refractivity contribution in [1.82, 2.24) is 4.98 Å². The summed E-state index contributed by atoms with van der Waals surface area (Å²) >= 11 is 0. The third kappa shape index (κ3) is 2.17. The lowest BCUT2D eigenvalue weighted by molar-refractivity contribution is 0.467. The van der Waals surface area contributed by atoms with E-state index >= 15 is 0 Å². The van der Waals surface area contributed by atoms with Crippen molar-refractivity contribution < 1.29 is 9.47 Å². The number of benzene rings is 3. The van der Waals surface area contributed by atoms with Crippen molar-refractivity contribution in [3.63, 3.8) is 0 Å². The van der Waals surface area contributed by atoms with Crippen molar-refractivity contribution >= 4 is 23.8 Å². The van der Waals surface area contributed by atoms with E-state index in [1.54, 1.807) is 0 Å². The van der Waals surface area contributed by atoms with Gasteiger partial charge in [0.05, 0.1) is 5.30 Å². The maximum Gasteiger partial charge on any atom is 0.147 e. The Labute approximate surface area is 164 Å². The molecule has 0 N–H and O–H groups in total. The minimum absolute atomic E-state index is 0.733. The SMILES string of the molecule is Cc1cnccc1-c1ccc2c3c1Oc1ccccc1P3c1ccccc1O2. The Morgan fingerprint density at radius 3 is 2.18 bits per heavy atom. The molecule has 2 aliphatic rings. The molecular formula is C24H16NO2P. The standard InChI is InChI=1S/C24H16NO2P/c1-15-14-25-13-12-16(15)17-10-11-20-24-23(17)27-19-7-3-5-9-22(19)28(24)21-8-4-2-6-18(21)26-20/h2-14H,1H3. The summed E-state index contributed by atoms with van der Waals surface area (Å²) in [5.74, 6) is 3.68. The molecular weight excluding hydrogens is 365 g/mol. The maximum atomic E-state index is 6.50. The van der Waals surface area contributed by atoms with Crippen LogP contribution in [0.1, 0.15) is 5.56 Å². The number of hydrogen-bond acceptors (Lipinski definition) is 3. The average Bonchev–Trinajstić information content (AvgIpc) is 2.74. The molecule has 0 fully saturated rings. The van der Waals surface area contributed by atoms with Crippen LogP contribution in [0, 0.1) is 6.92 Å². The summed E-state index contributed by atoms with van der Waals surface area (Å²) in [7, 11) is -0.733. The molecule has 2 aliphatic heterocycles. The van der Waals surface area contributed by atoms with E-state index in [9.17, 15) is 0 Å². The van der Waals surface area contributed by atoms with E-state index in [1.807, 2.05) is 24.5 Å². The van der Waals surface area contributed by atoms with E-state index in [-0.39, 0.29) is 0 Å². The van der Waals surface area contributed by atoms with Gasteiger partial charge in [0, 0.05) is 36.5 Å². The smallest absolute Gasteiger partial charge is 0.147 e. The highest BCUT2D eigenvalue weighted by molar-refractivity contribution is 7.80. The number of aryl methyl sites for hydroxylation is 1. The number of para-hydroxylation sites is 2. The lowest BCUT2D eigenvalue weighted by Crippen LogP contribution is -2.32. The van der Waals surface area contributed by atoms with Gasteiger partial charge in [0.2, 0.25) is 0 Å². The van der Waals surface area contributed by atoms with E-state index < -0.39 is 7.92 Å². The largest absolute Gasteiger partial charge is 0.456 e. The van der Waals surface area contributed by atoms with Gasteiger partial charge in [0.25, 0.3) is 0 Å². The molecule has 0 aliphatic carbocycles. The molecule has 4 heteroatoms. The first-order chi connectivity index (χ1) is 13.8. The molecule has 3 nitrogen and oxygen atoms in total. The molecule has 28 heavy (non-hydrogen) atoms. The van der Waals surface area contributed by atoms with E-state index in [4.69, 9.17) is 9.47 Å². The van der Waals surface area contributed by atoms with Gasteiger partial charge in [0.15, 0.2) is 0 Å². The van der Waals surface area contributed by atoms with Gasteiger partial charge in [-0.05, 0) is 48.4 Å². The van der Waals surface area contributed by atoms with Crippen molar-refractivity contribution in [3.8, 4) is 34.1 Å². The fraction of sp³-hybridized carbons (Fsp3) is 0.0417. The molecule has 0 bridgehead atoms. The number of ether oxygens (including phenoxy) is 2. The Kier molecular flexibility index (Phi) is 3.35. The molecule has 1 unspecified atom stereocenters. The van der Waals surface area contributed by atoms with Gasteiger partial charge in [-0.25, -0.2) is 0 Å². The van der Waals surface area contributed by atoms with Gasteiger partial charge < -0.3 is 9.47 Å². The molecule has 0 radical (unpaired) electrons. The Morgan fingerprint density at radius 1 is 0.714 bits per heavy atom. The second kappa shape index (κ2) is 5.92. The van der Waals surface area contributed by atoms with Gasteiger partial charge in [-0.2, -0.15) is 0 Å². The monoisotopic (exact) mass is 381 g/mol. The van der Waals surface area contributed by atoms with Crippen molar-refractivity contribution in [3.05, 3.63) is 84.7 Å². The average molecular weight is 381 g/mol. The van der Waals surface area contributed by atoms with Crippen LogP contribution in [0.2, 0.25) is 0 Å². The van der Waals surface area contributed by atoms with Crippen molar-refractivity contribution in [1.29, 1.82) is 0 Å². The molecule has 1 aromatic heterocycles. The summed E-state index contributed by atoms with van der Waals surface area (Å²) in [5.41, 5.74) is 3.35. The zero-order valence-corrected chi connectivity index (χ0v) is 16.1. The summed E-state index contributed by atoms with van der Waals surface area (Å²) in [4.78, 5) is 4.25. The second-order valence-corrected chi connectivity index (χ2v) is 9.04. The Bertz CT molecular complexity index is 1240. The topological polar surface area (TPSA) is 31.4 Å². The van der Waals surface area contributed by atoms with Crippen LogP contribution in [0.25, 0.3) is 11.1 Å². The number of aromatic nitrogens is 1. The highest BCUT2D eigenvalue weighted by atomic mass is 31.1. The van der Waals surface area contributed by atoms with Crippen LogP contribution in [0.5, 0.6) is 23.0 Å². The first-order valence-electron chi connectivity index (χ1n) is 9.23. The minimum atomic E-state index is -0.733. The zero-order chi connectivity index (χ0) is 18.7. The van der Waals surface area contributed by atoms with Crippen LogP contribution >= 0.6 is 7.92 Å². The Balaban J connectivity index is 1.68. The van der Waals surface area contributed by atoms with Gasteiger partial charge in [-0.1, -0.05) is 36.4 Å². The third-order valence-corrected chi connectivity index (χ3v) is 7.85. The van der Waals surface area contributed by atoms with Crippen LogP contribution < -0.4 is 25.4 Å². The summed E-state index contributed by atoms with van der Waals surface area (Å²) in [6.07, 6.45) is 3.73. The molecule has 3 aromatic carbocycles. The Hall–Kier alpha value is -3.16. The number of fused-ring (bicyclic) bond motifs is 4. The van der Waals surface area contributed by atoms with Crippen molar-refractivity contribution in [2.45, 2.75) is 6.92 Å². The zero-order valence-electron chi connectivity index (χ0n) is 15.2. The first-order valence-corrected chi connectivity index (χ1v) is 10.6. The summed E-state index contributed by atoms with van der Waals surface area (Å²) in [6.45, 7) is 2.08. The third-order valence-electron chi connectivity index (χ3n) is 5.27. The predicted molar refractivity (Wildman–Crippen MR) is 113 cm³/mol. The molecule has 3 heterocycles. The molecule has 0 spiro atoms. The molecule has 6 rings (SSSR count). The van der Waals surface area contributed by atoms with Crippen LogP contribution in [0.4, 0.5) is 0 Å². The predicted octanol–water partition coefficient (Wildman–Crippen LogP) is 5.03. The lowest BCUT2D eigenvalue weighted by atomic mass is 10.0. The maximum absolute atomic E-state index is 6.50. The van der Waals surface area contributed by atoms with E-state index in [2.05, 4.69) is 66.5 Å². The molecule has 1 atom stereocenters. The second-order valence-electron chi connectivity index (χ2n) is 6.95. The minimum Gasteiger partial charge on any atom is -0.456 e. The number of hydrogen-bond donors (Lipinski definition) is 0. The van der Waals surface area contributed by atoms with Crippen molar-refractivity contribution in [2.24, 2.45) is 0 Å². The van der Waals surface area contributed by atoms with E-state index in [0.717, 1.165) is 39.7 Å². The quantitative estimate of drug-likeness (QED) is 0.375. The fourth-order valence-corrected chi connectivity index (χ4v) is 6.60. The van der Waals surface area contributed by atoms with Crippen LogP contribution in [0.3, 0.4) is 0 Å². The number of rotatable bonds is 1. The highest BCUT2D eigenvalue weighted by Crippen LogP contribution is 2.54. The summed E-state index contributed by atoms with van der Waals surface area (Å²) in [5, 5.41) is 3.65. The van der Waals surface area contributed by atoms with Crippen LogP contribution in [-0.4, -0.2) is 4.98 Å². The van der Waals surface area contributed by atoms with Gasteiger partial charge in [0.1, 0.15) is 23.0 Å². The summed E-state index contributed by atoms with van der Waals surface area (Å²) in [6, 6.07) is 23.0. The lowest BCUT2D eigenvalue weighted by Gasteiger charge is -2.35. The van der Waals surface area contributed by atoms with Crippen LogP contribution in [0.15, 0.2) is 79.1 Å². The fourth-order valence-electron chi connectivity index (χ4n) is 3.99. The van der Waals surface area contributed by atoms with Gasteiger partial charge in [-0.3, -0.25) is 4.98 Å². The number of nitrogens with zero attached hydrogens (tertiary/aromatic N) is 1. The number of pyridine rings is 1. The molecule has 0 amide bonds. The van der Waals surface area contributed by atoms with Crippen molar-refractivity contribution in [2.75, 3.05) is 0 Å². The highest BCUT2D eigenvalue weighted by Gasteiger charge is 2.38. The molecule has 4 aromatic rings.